The molecule has 0 fully saturated rings. The van der Waals surface area contributed by atoms with Crippen LogP contribution in [0.3, 0.4) is 0 Å². The smallest absolute Gasteiger partial charge is 0.367 e. The second-order valence-electron chi connectivity index (χ2n) is 0.556. The Bertz CT molecular complexity index is 66.7. The summed E-state index contributed by atoms with van der Waals surface area (Å²) in [5, 5.41) is 0. The number of carbonyl (C=O) groups excluding carboxylic acids is 1. The van der Waals surface area contributed by atoms with Crippen molar-refractivity contribution in [3.8, 4) is 0 Å². The molecular weight excluding hydrogens is 156 g/mol. The van der Waals surface area contributed by atoms with Gasteiger partial charge in [-0.1, -0.05) is 10.8 Å². The van der Waals surface area contributed by atoms with E-state index in [1.807, 2.05) is 0 Å². The van der Waals surface area contributed by atoms with Crippen molar-refractivity contribution < 1.29 is 8.98 Å². The van der Waals surface area contributed by atoms with Crippen molar-refractivity contribution >= 4 is 38.9 Å². The average molecular weight is 159 g/mol. The van der Waals surface area contributed by atoms with Crippen LogP contribution >= 0.6 is 33.5 Å². The highest BCUT2D eigenvalue weighted by molar-refractivity contribution is 8.74. The van der Waals surface area contributed by atoms with Crippen LogP contribution in [-0.4, -0.2) is 11.7 Å². The minimum absolute atomic E-state index is 0.778. The van der Waals surface area contributed by atoms with Gasteiger partial charge < -0.3 is 4.18 Å². The lowest BCUT2D eigenvalue weighted by Crippen LogP contribution is -1.77. The molecule has 0 spiro atoms. The first-order valence-corrected chi connectivity index (χ1v) is 4.20. The van der Waals surface area contributed by atoms with E-state index in [-0.39, 0.29) is 0 Å². The van der Waals surface area contributed by atoms with Gasteiger partial charge in [-0.05, 0) is 6.26 Å². The Morgan fingerprint density at radius 1 is 1.86 bits per heavy atom. The standard InChI is InChI=1S/C2H3ClO2S2/c1-6-7-5-2(3)4/h1H3. The molecule has 0 aliphatic rings. The zero-order valence-corrected chi connectivity index (χ0v) is 5.90. The zero-order chi connectivity index (χ0) is 5.70. The third-order valence-electron chi connectivity index (χ3n) is 0.168. The summed E-state index contributed by atoms with van der Waals surface area (Å²) < 4.78 is 4.20. The van der Waals surface area contributed by atoms with Gasteiger partial charge in [-0.2, -0.15) is 0 Å². The highest BCUT2D eigenvalue weighted by atomic mass is 35.5. The van der Waals surface area contributed by atoms with Crippen molar-refractivity contribution in [3.63, 3.8) is 0 Å². The molecule has 0 aromatic carbocycles. The SMILES string of the molecule is CSSOC(=O)Cl. The molecule has 0 aromatic heterocycles. The number of hydrogen-bond acceptors (Lipinski definition) is 4. The van der Waals surface area contributed by atoms with Crippen LogP contribution in [0.2, 0.25) is 0 Å². The number of carbonyl (C=O) groups is 1. The molecule has 0 unspecified atom stereocenters. The monoisotopic (exact) mass is 158 g/mol. The van der Waals surface area contributed by atoms with Gasteiger partial charge >= 0.3 is 5.43 Å². The normalized spacial score (nSPS) is 8.29. The molecular formula is C2H3ClO2S2. The molecule has 0 radical (unpaired) electrons. The molecule has 0 atom stereocenters. The van der Waals surface area contributed by atoms with Crippen LogP contribution in [0, 0.1) is 0 Å². The molecule has 0 aliphatic heterocycles. The van der Waals surface area contributed by atoms with Crippen molar-refractivity contribution in [3.05, 3.63) is 0 Å². The summed E-state index contributed by atoms with van der Waals surface area (Å²) in [5.74, 6) is 0. The highest BCUT2D eigenvalue weighted by Crippen LogP contribution is 2.18. The molecule has 7 heavy (non-hydrogen) atoms. The summed E-state index contributed by atoms with van der Waals surface area (Å²) in [4.78, 5) is 9.71. The maximum Gasteiger partial charge on any atom is 0.416 e. The quantitative estimate of drug-likeness (QED) is 0.350. The first-order valence-electron chi connectivity index (χ1n) is 1.34. The molecule has 0 amide bonds. The van der Waals surface area contributed by atoms with E-state index in [1.54, 1.807) is 6.26 Å². The number of halogens is 1. The largest absolute Gasteiger partial charge is 0.416 e. The summed E-state index contributed by atoms with van der Waals surface area (Å²) in [7, 11) is 1.32. The number of hydrogen-bond donors (Lipinski definition) is 0. The van der Waals surface area contributed by atoms with Crippen LogP contribution in [0.5, 0.6) is 0 Å². The molecule has 5 heteroatoms. The van der Waals surface area contributed by atoms with Gasteiger partial charge in [0, 0.05) is 11.6 Å². The van der Waals surface area contributed by atoms with Gasteiger partial charge in [-0.3, -0.25) is 0 Å². The van der Waals surface area contributed by atoms with Gasteiger partial charge in [-0.15, -0.1) is 0 Å². The van der Waals surface area contributed by atoms with E-state index >= 15 is 0 Å². The Kier molecular flexibility index (Phi) is 4.92. The van der Waals surface area contributed by atoms with E-state index in [0.29, 0.717) is 0 Å². The summed E-state index contributed by atoms with van der Waals surface area (Å²) in [5.41, 5.74) is -0.778. The van der Waals surface area contributed by atoms with Crippen molar-refractivity contribution in [1.29, 1.82) is 0 Å². The van der Waals surface area contributed by atoms with E-state index in [9.17, 15) is 4.79 Å². The third kappa shape index (κ3) is 6.46. The fourth-order valence-corrected chi connectivity index (χ4v) is 0.778. The van der Waals surface area contributed by atoms with Gasteiger partial charge in [0.05, 0.1) is 0 Å². The Balaban J connectivity index is 2.82. The second-order valence-corrected chi connectivity index (χ2v) is 2.91. The summed E-state index contributed by atoms with van der Waals surface area (Å²) in [6.07, 6.45) is 1.78. The molecule has 0 heterocycles. The molecule has 0 bridgehead atoms. The first kappa shape index (κ1) is 7.46. The topological polar surface area (TPSA) is 26.3 Å². The van der Waals surface area contributed by atoms with Crippen LogP contribution in [0.1, 0.15) is 0 Å². The van der Waals surface area contributed by atoms with E-state index in [1.165, 1.54) is 10.8 Å². The van der Waals surface area contributed by atoms with Crippen LogP contribution in [0.15, 0.2) is 0 Å². The maximum absolute atomic E-state index is 9.71. The van der Waals surface area contributed by atoms with Crippen LogP contribution in [0.25, 0.3) is 0 Å². The second kappa shape index (κ2) is 4.61. The minimum atomic E-state index is -0.778. The van der Waals surface area contributed by atoms with Gasteiger partial charge in [0.2, 0.25) is 0 Å². The predicted octanol–water partition coefficient (Wildman–Crippen LogP) is 2.29. The Hall–Kier alpha value is 0.460. The minimum Gasteiger partial charge on any atom is -0.367 e. The lowest BCUT2D eigenvalue weighted by Gasteiger charge is -1.87. The van der Waals surface area contributed by atoms with Gasteiger partial charge in [0.1, 0.15) is 11.1 Å². The molecule has 2 nitrogen and oxygen atoms in total. The van der Waals surface area contributed by atoms with Crippen LogP contribution < -0.4 is 0 Å². The summed E-state index contributed by atoms with van der Waals surface area (Å²) >= 11 is 5.71. The summed E-state index contributed by atoms with van der Waals surface area (Å²) in [6, 6.07) is 0. The molecule has 0 saturated heterocycles. The molecule has 0 saturated carbocycles. The lowest BCUT2D eigenvalue weighted by atomic mass is 11.6. The van der Waals surface area contributed by atoms with Gasteiger partial charge in [0.25, 0.3) is 0 Å². The van der Waals surface area contributed by atoms with Gasteiger partial charge in [0.15, 0.2) is 0 Å². The fourth-order valence-electron chi connectivity index (χ4n) is 0.0608. The fraction of sp³-hybridized carbons (Fsp3) is 0.500. The molecule has 0 rings (SSSR count). The van der Waals surface area contributed by atoms with E-state index in [2.05, 4.69) is 4.18 Å². The van der Waals surface area contributed by atoms with Crippen LogP contribution in [0.4, 0.5) is 4.79 Å². The van der Waals surface area contributed by atoms with Crippen molar-refractivity contribution in [1.82, 2.24) is 0 Å². The Morgan fingerprint density at radius 2 is 2.43 bits per heavy atom. The number of rotatable bonds is 2. The zero-order valence-electron chi connectivity index (χ0n) is 3.51. The first-order chi connectivity index (χ1) is 3.27. The Morgan fingerprint density at radius 3 is 2.57 bits per heavy atom. The third-order valence-corrected chi connectivity index (χ3v) is 1.30. The highest BCUT2D eigenvalue weighted by Gasteiger charge is 1.91. The summed E-state index contributed by atoms with van der Waals surface area (Å²) in [6.45, 7) is 0. The van der Waals surface area contributed by atoms with Gasteiger partial charge in [-0.25, -0.2) is 4.79 Å². The van der Waals surface area contributed by atoms with Crippen molar-refractivity contribution in [2.24, 2.45) is 0 Å². The van der Waals surface area contributed by atoms with E-state index < -0.39 is 5.43 Å². The van der Waals surface area contributed by atoms with E-state index in [0.717, 1.165) is 11.1 Å². The Labute approximate surface area is 54.5 Å². The lowest BCUT2D eigenvalue weighted by molar-refractivity contribution is 0.233. The molecule has 0 aromatic rings. The van der Waals surface area contributed by atoms with Crippen LogP contribution in [-0.2, 0) is 4.18 Å². The molecule has 42 valence electrons. The average Bonchev–Trinajstić information content (AvgIpc) is 1.61. The van der Waals surface area contributed by atoms with E-state index in [4.69, 9.17) is 11.6 Å². The predicted molar refractivity (Wildman–Crippen MR) is 33.4 cm³/mol. The van der Waals surface area contributed by atoms with Crippen molar-refractivity contribution in [2.45, 2.75) is 0 Å². The van der Waals surface area contributed by atoms with Crippen molar-refractivity contribution in [2.75, 3.05) is 6.26 Å². The molecule has 0 N–H and O–H groups in total. The molecule has 0 aliphatic carbocycles. The maximum atomic E-state index is 9.71.